The summed E-state index contributed by atoms with van der Waals surface area (Å²) in [6, 6.07) is 8.69. The van der Waals surface area contributed by atoms with E-state index >= 15 is 0 Å². The van der Waals surface area contributed by atoms with Crippen molar-refractivity contribution in [1.82, 2.24) is 20.4 Å². The molecule has 1 aromatic carbocycles. The van der Waals surface area contributed by atoms with Crippen molar-refractivity contribution in [2.75, 3.05) is 34.4 Å². The molecule has 2 rings (SSSR count). The molecule has 0 radical (unpaired) electrons. The van der Waals surface area contributed by atoms with Gasteiger partial charge < -0.3 is 29.9 Å². The van der Waals surface area contributed by atoms with Gasteiger partial charge in [-0.1, -0.05) is 85.2 Å². The standard InChI is InChI=1S/C37H62N4O6/c1-11-26(6)34(40(8)37(45)33(25(4)5)39-31(42)22-24(2)3)30(46-9)23-32(43)41-21-15-18-29(41)35(47-10)27(7)36(44)38-20-19-28-16-13-12-14-17-28/h12-14,16-17,24-27,29-30,33-35H,11,15,18-23H2,1-10H3,(H,38,44)(H,39,42)/t26-,27+,29-,30+,33-,34?,35+/m0/s1. The molecule has 1 fully saturated rings. The highest BCUT2D eigenvalue weighted by atomic mass is 16.5. The fourth-order valence-electron chi connectivity index (χ4n) is 6.78. The molecule has 47 heavy (non-hydrogen) atoms. The lowest BCUT2D eigenvalue weighted by molar-refractivity contribution is -0.147. The fraction of sp³-hybridized carbons (Fsp3) is 0.730. The number of carbonyl (C=O) groups excluding carboxylic acids is 4. The molecule has 0 aliphatic carbocycles. The minimum atomic E-state index is -0.684. The SMILES string of the molecule is CC[C@H](C)C([C@@H](CC(=O)N1CCC[C@H]1[C@H](OC)[C@@H](C)C(=O)NCCc1ccccc1)OC)N(C)C(=O)[C@@H](NC(=O)CC(C)C)C(C)C. The van der Waals surface area contributed by atoms with Gasteiger partial charge in [0.05, 0.1) is 36.6 Å². The van der Waals surface area contributed by atoms with Gasteiger partial charge in [0.1, 0.15) is 6.04 Å². The molecule has 1 aliphatic heterocycles. The van der Waals surface area contributed by atoms with Crippen LogP contribution in [0, 0.1) is 23.7 Å². The number of hydrogen-bond donors (Lipinski definition) is 2. The summed E-state index contributed by atoms with van der Waals surface area (Å²) in [5, 5.41) is 6.00. The average Bonchev–Trinajstić information content (AvgIpc) is 3.52. The zero-order chi connectivity index (χ0) is 35.3. The Balaban J connectivity index is 2.17. The maximum Gasteiger partial charge on any atom is 0.245 e. The smallest absolute Gasteiger partial charge is 0.245 e. The zero-order valence-electron chi connectivity index (χ0n) is 30.6. The van der Waals surface area contributed by atoms with Gasteiger partial charge in [-0.3, -0.25) is 19.2 Å². The van der Waals surface area contributed by atoms with Crippen molar-refractivity contribution < 1.29 is 28.7 Å². The van der Waals surface area contributed by atoms with E-state index < -0.39 is 30.2 Å². The van der Waals surface area contributed by atoms with Crippen LogP contribution in [-0.2, 0) is 35.1 Å². The third-order valence-electron chi connectivity index (χ3n) is 9.66. The Morgan fingerprint density at radius 1 is 0.979 bits per heavy atom. The number of likely N-dealkylation sites (tertiary alicyclic amines) is 1. The molecule has 1 unspecified atom stereocenters. The van der Waals surface area contributed by atoms with E-state index in [1.807, 2.05) is 69.9 Å². The van der Waals surface area contributed by atoms with Crippen LogP contribution in [0.1, 0.15) is 86.1 Å². The molecule has 0 saturated carbocycles. The number of likely N-dealkylation sites (N-methyl/N-ethyl adjacent to an activating group) is 1. The molecule has 4 amide bonds. The van der Waals surface area contributed by atoms with Gasteiger partial charge in [-0.25, -0.2) is 0 Å². The van der Waals surface area contributed by atoms with E-state index in [-0.39, 0.29) is 53.8 Å². The number of amides is 4. The summed E-state index contributed by atoms with van der Waals surface area (Å²) >= 11 is 0. The Kier molecular flexibility index (Phi) is 16.9. The topological polar surface area (TPSA) is 117 Å². The molecule has 1 heterocycles. The summed E-state index contributed by atoms with van der Waals surface area (Å²) in [7, 11) is 4.93. The molecule has 0 bridgehead atoms. The third-order valence-corrected chi connectivity index (χ3v) is 9.66. The summed E-state index contributed by atoms with van der Waals surface area (Å²) < 4.78 is 11.9. The van der Waals surface area contributed by atoms with Gasteiger partial charge in [0.25, 0.3) is 0 Å². The van der Waals surface area contributed by atoms with E-state index in [0.29, 0.717) is 19.5 Å². The molecule has 1 aromatic rings. The van der Waals surface area contributed by atoms with E-state index in [1.54, 1.807) is 26.2 Å². The molecule has 266 valence electrons. The number of ether oxygens (including phenoxy) is 2. The summed E-state index contributed by atoms with van der Waals surface area (Å²) in [4.78, 5) is 57.3. The predicted molar refractivity (Wildman–Crippen MR) is 186 cm³/mol. The second kappa shape index (κ2) is 19.7. The Morgan fingerprint density at radius 3 is 2.19 bits per heavy atom. The Labute approximate surface area is 283 Å². The first kappa shape index (κ1) is 40.2. The Bertz CT molecular complexity index is 1130. The first-order valence-corrected chi connectivity index (χ1v) is 17.5. The largest absolute Gasteiger partial charge is 0.379 e. The van der Waals surface area contributed by atoms with Crippen LogP contribution < -0.4 is 10.6 Å². The molecule has 0 aromatic heterocycles. The number of hydrogen-bond acceptors (Lipinski definition) is 6. The molecule has 0 spiro atoms. The van der Waals surface area contributed by atoms with Crippen molar-refractivity contribution in [2.45, 2.75) is 117 Å². The lowest BCUT2D eigenvalue weighted by Gasteiger charge is -2.40. The minimum absolute atomic E-state index is 0.0292. The van der Waals surface area contributed by atoms with Crippen molar-refractivity contribution in [3.8, 4) is 0 Å². The van der Waals surface area contributed by atoms with Crippen LogP contribution >= 0.6 is 0 Å². The highest BCUT2D eigenvalue weighted by Crippen LogP contribution is 2.29. The van der Waals surface area contributed by atoms with Crippen LogP contribution in [-0.4, -0.2) is 98.1 Å². The summed E-state index contributed by atoms with van der Waals surface area (Å²) in [6.45, 7) is 14.9. The molecular formula is C37H62N4O6. The van der Waals surface area contributed by atoms with Crippen molar-refractivity contribution in [3.63, 3.8) is 0 Å². The van der Waals surface area contributed by atoms with Crippen LogP contribution in [0.15, 0.2) is 30.3 Å². The Morgan fingerprint density at radius 2 is 1.64 bits per heavy atom. The van der Waals surface area contributed by atoms with Gasteiger partial charge in [-0.05, 0) is 42.6 Å². The molecular weight excluding hydrogens is 596 g/mol. The van der Waals surface area contributed by atoms with Crippen molar-refractivity contribution >= 4 is 23.6 Å². The number of nitrogens with one attached hydrogen (secondary N) is 2. The zero-order valence-corrected chi connectivity index (χ0v) is 30.6. The van der Waals surface area contributed by atoms with Crippen LogP contribution in [0.25, 0.3) is 0 Å². The van der Waals surface area contributed by atoms with Crippen LogP contribution in [0.5, 0.6) is 0 Å². The molecule has 10 heteroatoms. The predicted octanol–water partition coefficient (Wildman–Crippen LogP) is 4.45. The number of benzene rings is 1. The maximum atomic E-state index is 14.0. The second-order valence-electron chi connectivity index (χ2n) is 14.0. The summed E-state index contributed by atoms with van der Waals surface area (Å²) in [5.41, 5.74) is 1.16. The number of rotatable bonds is 19. The van der Waals surface area contributed by atoms with E-state index in [0.717, 1.165) is 31.2 Å². The summed E-state index contributed by atoms with van der Waals surface area (Å²) in [5.74, 6) is -0.888. The molecule has 2 N–H and O–H groups in total. The average molecular weight is 659 g/mol. The van der Waals surface area contributed by atoms with Gasteiger partial charge in [-0.2, -0.15) is 0 Å². The lowest BCUT2D eigenvalue weighted by atomic mass is 9.89. The van der Waals surface area contributed by atoms with E-state index in [4.69, 9.17) is 9.47 Å². The highest BCUT2D eigenvalue weighted by molar-refractivity contribution is 5.88. The van der Waals surface area contributed by atoms with Gasteiger partial charge >= 0.3 is 0 Å². The third kappa shape index (κ3) is 11.6. The highest BCUT2D eigenvalue weighted by Gasteiger charge is 2.42. The van der Waals surface area contributed by atoms with Gasteiger partial charge in [0, 0.05) is 40.8 Å². The van der Waals surface area contributed by atoms with Crippen molar-refractivity contribution in [1.29, 1.82) is 0 Å². The quantitative estimate of drug-likeness (QED) is 0.227. The van der Waals surface area contributed by atoms with E-state index in [1.165, 1.54) is 0 Å². The number of carbonyl (C=O) groups is 4. The van der Waals surface area contributed by atoms with Gasteiger partial charge in [0.15, 0.2) is 0 Å². The molecule has 1 aliphatic rings. The first-order chi connectivity index (χ1) is 22.3. The van der Waals surface area contributed by atoms with Crippen molar-refractivity contribution in [3.05, 3.63) is 35.9 Å². The normalized spacial score (nSPS) is 18.7. The monoisotopic (exact) mass is 658 g/mol. The fourth-order valence-corrected chi connectivity index (χ4v) is 6.78. The van der Waals surface area contributed by atoms with Gasteiger partial charge in [-0.15, -0.1) is 0 Å². The number of methoxy groups -OCH3 is 2. The molecule has 1 saturated heterocycles. The molecule has 7 atom stereocenters. The van der Waals surface area contributed by atoms with E-state index in [9.17, 15) is 19.2 Å². The first-order valence-electron chi connectivity index (χ1n) is 17.5. The van der Waals surface area contributed by atoms with Crippen LogP contribution in [0.2, 0.25) is 0 Å². The van der Waals surface area contributed by atoms with E-state index in [2.05, 4.69) is 24.5 Å². The van der Waals surface area contributed by atoms with Crippen molar-refractivity contribution in [2.24, 2.45) is 23.7 Å². The lowest BCUT2D eigenvalue weighted by Crippen LogP contribution is -2.57. The molecule has 10 nitrogen and oxygen atoms in total. The second-order valence-corrected chi connectivity index (χ2v) is 14.0. The Hall–Kier alpha value is -2.98. The number of nitrogens with zero attached hydrogens (tertiary/aromatic N) is 2. The summed E-state index contributed by atoms with van der Waals surface area (Å²) in [6.07, 6.45) is 2.47. The maximum absolute atomic E-state index is 14.0. The minimum Gasteiger partial charge on any atom is -0.379 e. The van der Waals surface area contributed by atoms with Crippen LogP contribution in [0.4, 0.5) is 0 Å². The van der Waals surface area contributed by atoms with Gasteiger partial charge in [0.2, 0.25) is 23.6 Å². The van der Waals surface area contributed by atoms with Crippen LogP contribution in [0.3, 0.4) is 0 Å².